The number of aryl methyl sites for hydroxylation is 1. The average molecular weight is 487 g/mol. The molecular formula is C26H42N4O3Si. The molecular weight excluding hydrogens is 444 g/mol. The van der Waals surface area contributed by atoms with E-state index in [1.54, 1.807) is 4.90 Å². The minimum atomic E-state index is -1.99. The maximum Gasteiger partial charge on any atom is 0.407 e. The lowest BCUT2D eigenvalue weighted by Crippen LogP contribution is -2.55. The molecule has 188 valence electrons. The highest BCUT2D eigenvalue weighted by Crippen LogP contribution is 2.39. The second-order valence-corrected chi connectivity index (χ2v) is 16.3. The quantitative estimate of drug-likeness (QED) is 0.490. The van der Waals surface area contributed by atoms with Gasteiger partial charge in [-0.25, -0.2) is 9.78 Å². The number of aromatic nitrogens is 2. The van der Waals surface area contributed by atoms with Crippen LogP contribution in [0.25, 0.3) is 11.0 Å². The maximum absolute atomic E-state index is 12.1. The normalized spacial score (nSPS) is 22.0. The molecule has 1 amide bonds. The molecule has 0 spiro atoms. The third kappa shape index (κ3) is 5.13. The lowest BCUT2D eigenvalue weighted by Gasteiger charge is -2.46. The monoisotopic (exact) mass is 486 g/mol. The topological polar surface area (TPSA) is 70.8 Å². The Morgan fingerprint density at radius 3 is 2.59 bits per heavy atom. The Hall–Kier alpha value is -2.06. The van der Waals surface area contributed by atoms with Crippen LogP contribution >= 0.6 is 0 Å². The Kier molecular flexibility index (Phi) is 7.29. The highest BCUT2D eigenvalue weighted by atomic mass is 28.4. The van der Waals surface area contributed by atoms with Crippen molar-refractivity contribution in [2.45, 2.75) is 96.1 Å². The van der Waals surface area contributed by atoms with Crippen molar-refractivity contribution in [1.82, 2.24) is 14.5 Å². The standard InChI is InChI=1S/C26H42N4O3Si/c1-26(2,3)34(4,5)33-23-14-10-18-30(25(31)32)20(23)13-9-17-29-19-27-24-21(11-8-12-22(24)29)28-15-6-7-16-28/h8,11-12,19-20,23H,6-7,9-10,13-18H2,1-5H3,(H,31,32)/t20-,23+/m1/s1. The number of piperidine rings is 1. The van der Waals surface area contributed by atoms with Crippen molar-refractivity contribution >= 4 is 31.1 Å². The van der Waals surface area contributed by atoms with E-state index in [0.717, 1.165) is 56.4 Å². The van der Waals surface area contributed by atoms with Crippen LogP contribution in [0.5, 0.6) is 0 Å². The molecule has 4 rings (SSSR count). The number of hydrogen-bond donors (Lipinski definition) is 1. The first-order valence-corrected chi connectivity index (χ1v) is 15.9. The van der Waals surface area contributed by atoms with Crippen molar-refractivity contribution in [3.63, 3.8) is 0 Å². The maximum atomic E-state index is 12.1. The van der Waals surface area contributed by atoms with Crippen molar-refractivity contribution in [3.8, 4) is 0 Å². The molecule has 8 heteroatoms. The van der Waals surface area contributed by atoms with Crippen LogP contribution in [0.2, 0.25) is 18.1 Å². The highest BCUT2D eigenvalue weighted by molar-refractivity contribution is 6.74. The summed E-state index contributed by atoms with van der Waals surface area (Å²) in [4.78, 5) is 20.9. The van der Waals surface area contributed by atoms with Crippen molar-refractivity contribution in [1.29, 1.82) is 0 Å². The molecule has 0 saturated carbocycles. The van der Waals surface area contributed by atoms with Crippen molar-refractivity contribution in [3.05, 3.63) is 24.5 Å². The summed E-state index contributed by atoms with van der Waals surface area (Å²) < 4.78 is 9.00. The molecule has 2 aliphatic heterocycles. The predicted octanol–water partition coefficient (Wildman–Crippen LogP) is 5.95. The molecule has 0 radical (unpaired) electrons. The van der Waals surface area contributed by atoms with Crippen LogP contribution < -0.4 is 4.90 Å². The van der Waals surface area contributed by atoms with E-state index >= 15 is 0 Å². The number of likely N-dealkylation sites (tertiary alicyclic amines) is 1. The van der Waals surface area contributed by atoms with Gasteiger partial charge in [-0.2, -0.15) is 0 Å². The lowest BCUT2D eigenvalue weighted by molar-refractivity contribution is 0.0181. The second-order valence-electron chi connectivity index (χ2n) is 11.5. The van der Waals surface area contributed by atoms with Crippen molar-refractivity contribution in [2.24, 2.45) is 0 Å². The van der Waals surface area contributed by atoms with E-state index in [4.69, 9.17) is 9.41 Å². The first-order valence-electron chi connectivity index (χ1n) is 12.9. The highest BCUT2D eigenvalue weighted by Gasteiger charge is 2.43. The number of amides is 1. The molecule has 1 N–H and O–H groups in total. The van der Waals surface area contributed by atoms with Gasteiger partial charge in [0.05, 0.1) is 29.7 Å². The number of benzene rings is 1. The molecule has 2 fully saturated rings. The fourth-order valence-corrected chi connectivity index (χ4v) is 6.61. The largest absolute Gasteiger partial charge is 0.465 e. The molecule has 2 atom stereocenters. The number of rotatable bonds is 7. The third-order valence-electron chi connectivity index (χ3n) is 8.19. The van der Waals surface area contributed by atoms with Crippen molar-refractivity contribution < 1.29 is 14.3 Å². The molecule has 34 heavy (non-hydrogen) atoms. The van der Waals surface area contributed by atoms with Crippen LogP contribution in [-0.2, 0) is 11.0 Å². The summed E-state index contributed by atoms with van der Waals surface area (Å²) in [5.41, 5.74) is 3.48. The van der Waals surface area contributed by atoms with Gasteiger partial charge in [-0.05, 0) is 68.8 Å². The Bertz CT molecular complexity index is 994. The van der Waals surface area contributed by atoms with E-state index in [0.29, 0.717) is 6.54 Å². The van der Waals surface area contributed by atoms with Crippen LogP contribution in [0.4, 0.5) is 10.5 Å². The van der Waals surface area contributed by atoms with E-state index in [1.165, 1.54) is 18.5 Å². The molecule has 0 aliphatic carbocycles. The predicted molar refractivity (Wildman–Crippen MR) is 140 cm³/mol. The van der Waals surface area contributed by atoms with E-state index in [2.05, 4.69) is 61.5 Å². The van der Waals surface area contributed by atoms with E-state index < -0.39 is 14.4 Å². The van der Waals surface area contributed by atoms with Gasteiger partial charge in [-0.15, -0.1) is 0 Å². The summed E-state index contributed by atoms with van der Waals surface area (Å²) >= 11 is 0. The van der Waals surface area contributed by atoms with Gasteiger partial charge < -0.3 is 23.9 Å². The van der Waals surface area contributed by atoms with Gasteiger partial charge in [0.2, 0.25) is 0 Å². The minimum absolute atomic E-state index is 0.0213. The van der Waals surface area contributed by atoms with Crippen molar-refractivity contribution in [2.75, 3.05) is 24.5 Å². The summed E-state index contributed by atoms with van der Waals surface area (Å²) in [6.45, 7) is 14.9. The lowest BCUT2D eigenvalue weighted by atomic mass is 9.95. The van der Waals surface area contributed by atoms with Gasteiger partial charge in [-0.1, -0.05) is 26.8 Å². The minimum Gasteiger partial charge on any atom is -0.465 e. The van der Waals surface area contributed by atoms with Crippen LogP contribution in [-0.4, -0.2) is 65.7 Å². The van der Waals surface area contributed by atoms with E-state index in [1.807, 2.05) is 6.33 Å². The second kappa shape index (κ2) is 9.89. The number of carbonyl (C=O) groups is 1. The van der Waals surface area contributed by atoms with E-state index in [-0.39, 0.29) is 17.2 Å². The average Bonchev–Trinajstić information content (AvgIpc) is 3.44. The number of carboxylic acid groups (broad SMARTS) is 1. The van der Waals surface area contributed by atoms with Gasteiger partial charge in [-0.3, -0.25) is 0 Å². The Labute approximate surface area is 205 Å². The molecule has 1 aromatic carbocycles. The molecule has 2 aliphatic rings. The van der Waals surface area contributed by atoms with E-state index in [9.17, 15) is 9.90 Å². The van der Waals surface area contributed by atoms with Crippen LogP contribution in [0.1, 0.15) is 59.3 Å². The molecule has 3 heterocycles. The summed E-state index contributed by atoms with van der Waals surface area (Å²) in [6.07, 6.45) is 7.10. The number of hydrogen-bond acceptors (Lipinski definition) is 4. The Balaban J connectivity index is 1.47. The number of para-hydroxylation sites is 1. The third-order valence-corrected chi connectivity index (χ3v) is 12.7. The summed E-state index contributed by atoms with van der Waals surface area (Å²) in [5.74, 6) is 0. The number of nitrogens with zero attached hydrogens (tertiary/aromatic N) is 4. The van der Waals surface area contributed by atoms with Crippen LogP contribution in [0, 0.1) is 0 Å². The van der Waals surface area contributed by atoms with Gasteiger partial charge in [0, 0.05) is 26.2 Å². The van der Waals surface area contributed by atoms with Crippen LogP contribution in [0.3, 0.4) is 0 Å². The first-order chi connectivity index (χ1) is 16.1. The summed E-state index contributed by atoms with van der Waals surface area (Å²) in [5, 5.41) is 10.0. The van der Waals surface area contributed by atoms with Gasteiger partial charge in [0.25, 0.3) is 0 Å². The number of fused-ring (bicyclic) bond motifs is 1. The first kappa shape index (κ1) is 25.0. The number of anilines is 1. The molecule has 7 nitrogen and oxygen atoms in total. The zero-order valence-corrected chi connectivity index (χ0v) is 22.6. The molecule has 2 saturated heterocycles. The molecule has 0 unspecified atom stereocenters. The fourth-order valence-electron chi connectivity index (χ4n) is 5.23. The summed E-state index contributed by atoms with van der Waals surface area (Å²) in [6, 6.07) is 6.37. The zero-order chi connectivity index (χ0) is 24.5. The zero-order valence-electron chi connectivity index (χ0n) is 21.6. The number of imidazole rings is 1. The van der Waals surface area contributed by atoms with Gasteiger partial charge >= 0.3 is 6.09 Å². The summed E-state index contributed by atoms with van der Waals surface area (Å²) in [7, 11) is -1.99. The van der Waals surface area contributed by atoms with Gasteiger partial charge in [0.1, 0.15) is 5.52 Å². The molecule has 2 aromatic rings. The SMILES string of the molecule is CC(C)(C)[Si](C)(C)O[C@H]1CCCN(C(=O)O)[C@@H]1CCCn1cnc2c(N3CCCC3)cccc21. The van der Waals surface area contributed by atoms with Crippen LogP contribution in [0.15, 0.2) is 24.5 Å². The smallest absolute Gasteiger partial charge is 0.407 e. The fraction of sp³-hybridized carbons (Fsp3) is 0.692. The molecule has 1 aromatic heterocycles. The Morgan fingerprint density at radius 1 is 1.18 bits per heavy atom. The van der Waals surface area contributed by atoms with Gasteiger partial charge in [0.15, 0.2) is 8.32 Å². The molecule has 0 bridgehead atoms. The Morgan fingerprint density at radius 2 is 1.91 bits per heavy atom.